The third kappa shape index (κ3) is 2.42. The summed E-state index contributed by atoms with van der Waals surface area (Å²) in [5.41, 5.74) is 1.38. The summed E-state index contributed by atoms with van der Waals surface area (Å²) in [7, 11) is -2.93. The second-order valence-electron chi connectivity index (χ2n) is 5.05. The Morgan fingerprint density at radius 2 is 2.05 bits per heavy atom. The highest BCUT2D eigenvalue weighted by Gasteiger charge is 2.27. The minimum absolute atomic E-state index is 0.0130. The number of aromatic nitrogens is 2. The first kappa shape index (κ1) is 13.8. The third-order valence-corrected chi connectivity index (χ3v) is 5.69. The lowest BCUT2D eigenvalue weighted by atomic mass is 10.1. The van der Waals surface area contributed by atoms with E-state index in [0.717, 1.165) is 0 Å². The number of nitrogens with zero attached hydrogens (tertiary/aromatic N) is 2. The fourth-order valence-corrected chi connectivity index (χ4v) is 4.41. The van der Waals surface area contributed by atoms with E-state index < -0.39 is 9.84 Å². The number of benzene rings is 1. The van der Waals surface area contributed by atoms with Gasteiger partial charge in [0.2, 0.25) is 0 Å². The molecule has 4 nitrogen and oxygen atoms in total. The highest BCUT2D eigenvalue weighted by Crippen LogP contribution is 2.30. The van der Waals surface area contributed by atoms with Crippen molar-refractivity contribution in [1.29, 1.82) is 0 Å². The van der Waals surface area contributed by atoms with E-state index in [0.29, 0.717) is 29.7 Å². The Morgan fingerprint density at radius 3 is 2.70 bits per heavy atom. The van der Waals surface area contributed by atoms with Crippen LogP contribution in [0, 0.1) is 5.82 Å². The van der Waals surface area contributed by atoms with E-state index in [4.69, 9.17) is 11.6 Å². The number of rotatable bonds is 2. The largest absolute Gasteiger partial charge is 0.324 e. The second kappa shape index (κ2) is 5.00. The van der Waals surface area contributed by atoms with Crippen LogP contribution in [0.3, 0.4) is 0 Å². The molecule has 1 fully saturated rings. The molecule has 0 unspecified atom stereocenters. The van der Waals surface area contributed by atoms with E-state index in [2.05, 4.69) is 4.98 Å². The average Bonchev–Trinajstić information content (AvgIpc) is 2.76. The van der Waals surface area contributed by atoms with Crippen LogP contribution in [0.25, 0.3) is 11.0 Å². The minimum atomic E-state index is -2.93. The van der Waals surface area contributed by atoms with Gasteiger partial charge in [-0.2, -0.15) is 0 Å². The molecule has 0 spiro atoms. The quantitative estimate of drug-likeness (QED) is 0.800. The fourth-order valence-electron chi connectivity index (χ4n) is 2.75. The zero-order valence-electron chi connectivity index (χ0n) is 10.7. The molecule has 1 aliphatic heterocycles. The highest BCUT2D eigenvalue weighted by molar-refractivity contribution is 7.91. The van der Waals surface area contributed by atoms with Gasteiger partial charge in [0.25, 0.3) is 0 Å². The van der Waals surface area contributed by atoms with Crippen molar-refractivity contribution in [2.24, 2.45) is 0 Å². The van der Waals surface area contributed by atoms with Crippen LogP contribution in [0.2, 0.25) is 0 Å². The molecule has 0 saturated carbocycles. The lowest BCUT2D eigenvalue weighted by molar-refractivity contribution is 0.450. The lowest BCUT2D eigenvalue weighted by Gasteiger charge is -2.25. The van der Waals surface area contributed by atoms with Gasteiger partial charge in [-0.05, 0) is 31.0 Å². The van der Waals surface area contributed by atoms with Gasteiger partial charge in [-0.15, -0.1) is 11.6 Å². The predicted octanol–water partition coefficient (Wildman–Crippen LogP) is 2.66. The number of fused-ring (bicyclic) bond motifs is 1. The highest BCUT2D eigenvalue weighted by atomic mass is 35.5. The average molecular weight is 317 g/mol. The van der Waals surface area contributed by atoms with Gasteiger partial charge < -0.3 is 4.57 Å². The molecule has 1 aromatic heterocycles. The van der Waals surface area contributed by atoms with Crippen LogP contribution in [0.4, 0.5) is 4.39 Å². The van der Waals surface area contributed by atoms with Gasteiger partial charge >= 0.3 is 0 Å². The van der Waals surface area contributed by atoms with Gasteiger partial charge in [-0.3, -0.25) is 0 Å². The van der Waals surface area contributed by atoms with Gasteiger partial charge in [0.15, 0.2) is 0 Å². The molecule has 7 heteroatoms. The molecule has 0 aliphatic carbocycles. The summed E-state index contributed by atoms with van der Waals surface area (Å²) in [6.45, 7) is 0. The molecule has 20 heavy (non-hydrogen) atoms. The van der Waals surface area contributed by atoms with Crippen molar-refractivity contribution in [2.75, 3.05) is 11.5 Å². The first-order chi connectivity index (χ1) is 9.50. The number of hydrogen-bond acceptors (Lipinski definition) is 3. The molecular weight excluding hydrogens is 303 g/mol. The lowest BCUT2D eigenvalue weighted by Crippen LogP contribution is -2.26. The smallest absolute Gasteiger partial charge is 0.150 e. The fraction of sp³-hybridized carbons (Fsp3) is 0.462. The molecule has 1 saturated heterocycles. The van der Waals surface area contributed by atoms with Gasteiger partial charge in [-0.25, -0.2) is 17.8 Å². The molecule has 0 atom stereocenters. The van der Waals surface area contributed by atoms with Crippen molar-refractivity contribution < 1.29 is 12.8 Å². The maximum atomic E-state index is 13.5. The molecule has 0 radical (unpaired) electrons. The predicted molar refractivity (Wildman–Crippen MR) is 76.2 cm³/mol. The van der Waals surface area contributed by atoms with E-state index >= 15 is 0 Å². The van der Waals surface area contributed by atoms with Gasteiger partial charge in [-0.1, -0.05) is 0 Å². The SMILES string of the molecule is O=S1(=O)CCC(n2c(CCl)nc3ccc(F)cc32)CC1. The Labute approximate surface area is 121 Å². The molecule has 0 amide bonds. The topological polar surface area (TPSA) is 52.0 Å². The number of halogens is 2. The Bertz CT molecular complexity index is 743. The van der Waals surface area contributed by atoms with Crippen LogP contribution in [0.5, 0.6) is 0 Å². The number of sulfone groups is 1. The summed E-state index contributed by atoms with van der Waals surface area (Å²) in [6.07, 6.45) is 1.04. The molecule has 2 heterocycles. The van der Waals surface area contributed by atoms with Crippen LogP contribution in [-0.4, -0.2) is 29.5 Å². The third-order valence-electron chi connectivity index (χ3n) is 3.73. The monoisotopic (exact) mass is 316 g/mol. The first-order valence-electron chi connectivity index (χ1n) is 6.43. The molecule has 0 bridgehead atoms. The number of hydrogen-bond donors (Lipinski definition) is 0. The van der Waals surface area contributed by atoms with Crippen molar-refractivity contribution in [3.63, 3.8) is 0 Å². The van der Waals surface area contributed by atoms with E-state index in [-0.39, 0.29) is 29.2 Å². The standard InChI is InChI=1S/C13H14ClFN2O2S/c14-8-13-16-11-2-1-9(15)7-12(11)17(13)10-3-5-20(18,19)6-4-10/h1-2,7,10H,3-6,8H2. The summed E-state index contributed by atoms with van der Waals surface area (Å²) in [5, 5.41) is 0. The van der Waals surface area contributed by atoms with Crippen LogP contribution < -0.4 is 0 Å². The first-order valence-corrected chi connectivity index (χ1v) is 8.78. The summed E-state index contributed by atoms with van der Waals surface area (Å²) >= 11 is 5.92. The number of imidazole rings is 1. The minimum Gasteiger partial charge on any atom is -0.324 e. The maximum Gasteiger partial charge on any atom is 0.150 e. The van der Waals surface area contributed by atoms with Crippen molar-refractivity contribution in [3.05, 3.63) is 29.8 Å². The van der Waals surface area contributed by atoms with Crippen LogP contribution in [0.1, 0.15) is 24.7 Å². The molecule has 0 N–H and O–H groups in total. The zero-order valence-corrected chi connectivity index (χ0v) is 12.3. The van der Waals surface area contributed by atoms with Crippen molar-refractivity contribution in [1.82, 2.24) is 9.55 Å². The van der Waals surface area contributed by atoms with Crippen LogP contribution in [-0.2, 0) is 15.7 Å². The van der Waals surface area contributed by atoms with E-state index in [1.54, 1.807) is 6.07 Å². The van der Waals surface area contributed by atoms with Crippen molar-refractivity contribution in [3.8, 4) is 0 Å². The molecule has 108 valence electrons. The van der Waals surface area contributed by atoms with E-state index in [9.17, 15) is 12.8 Å². The Kier molecular flexibility index (Phi) is 3.46. The van der Waals surface area contributed by atoms with Crippen molar-refractivity contribution in [2.45, 2.75) is 24.8 Å². The Balaban J connectivity index is 2.08. The summed E-state index contributed by atoms with van der Waals surface area (Å²) in [6, 6.07) is 4.43. The zero-order chi connectivity index (χ0) is 14.3. The second-order valence-corrected chi connectivity index (χ2v) is 7.62. The molecule has 2 aromatic rings. The van der Waals surface area contributed by atoms with Crippen LogP contribution >= 0.6 is 11.6 Å². The Morgan fingerprint density at radius 1 is 1.35 bits per heavy atom. The van der Waals surface area contributed by atoms with Gasteiger partial charge in [0, 0.05) is 6.04 Å². The normalized spacial score (nSPS) is 19.5. The molecule has 3 rings (SSSR count). The van der Waals surface area contributed by atoms with Crippen LogP contribution in [0.15, 0.2) is 18.2 Å². The van der Waals surface area contributed by atoms with Gasteiger partial charge in [0.1, 0.15) is 21.5 Å². The summed E-state index contributed by atoms with van der Waals surface area (Å²) < 4.78 is 38.4. The maximum absolute atomic E-state index is 13.5. The molecular formula is C13H14ClFN2O2S. The molecule has 1 aromatic carbocycles. The van der Waals surface area contributed by atoms with Crippen molar-refractivity contribution >= 4 is 32.5 Å². The van der Waals surface area contributed by atoms with E-state index in [1.807, 2.05) is 4.57 Å². The summed E-state index contributed by atoms with van der Waals surface area (Å²) in [5.74, 6) is 0.877. The molecule has 1 aliphatic rings. The number of alkyl halides is 1. The van der Waals surface area contributed by atoms with E-state index in [1.165, 1.54) is 12.1 Å². The Hall–Kier alpha value is -1.14. The van der Waals surface area contributed by atoms with Gasteiger partial charge in [0.05, 0.1) is 28.4 Å². The summed E-state index contributed by atoms with van der Waals surface area (Å²) in [4.78, 5) is 4.40.